The average Bonchev–Trinajstić information content (AvgIpc) is 3.57. The molecule has 0 bridgehead atoms. The molecule has 1 aliphatic carbocycles. The number of thioether (sulfide) groups is 1. The molecule has 0 aromatic heterocycles. The maximum atomic E-state index is 14.1. The SMILES string of the molecule is NC(N)=NCCC[C@H](NC(=O)CNC(=O)[C@H](CSC(c1ccccc1)(c1ccccc1)c1ccccc1)NC(=O)OCC1c2ccccc2-c2ccccc21)C(=O)O. The lowest BCUT2D eigenvalue weighted by Crippen LogP contribution is -2.52. The van der Waals surface area contributed by atoms with Gasteiger partial charge in [-0.3, -0.25) is 14.6 Å². The van der Waals surface area contributed by atoms with Gasteiger partial charge in [0.15, 0.2) is 5.96 Å². The largest absolute Gasteiger partial charge is 0.480 e. The molecule has 0 saturated heterocycles. The molecule has 1 aliphatic rings. The van der Waals surface area contributed by atoms with Crippen molar-refractivity contribution >= 4 is 41.6 Å². The van der Waals surface area contributed by atoms with Crippen LogP contribution in [-0.4, -0.2) is 72.5 Å². The minimum atomic E-state index is -1.24. The zero-order valence-electron chi connectivity index (χ0n) is 31.8. The third-order valence-corrected chi connectivity index (χ3v) is 11.6. The van der Waals surface area contributed by atoms with Crippen LogP contribution < -0.4 is 27.4 Å². The van der Waals surface area contributed by atoms with Crippen molar-refractivity contribution in [3.63, 3.8) is 0 Å². The highest BCUT2D eigenvalue weighted by atomic mass is 32.2. The van der Waals surface area contributed by atoms with E-state index in [2.05, 4.69) is 20.9 Å². The summed E-state index contributed by atoms with van der Waals surface area (Å²) in [5, 5.41) is 17.6. The van der Waals surface area contributed by atoms with Gasteiger partial charge < -0.3 is 37.3 Å². The summed E-state index contributed by atoms with van der Waals surface area (Å²) in [6.07, 6.45) is -0.435. The van der Waals surface area contributed by atoms with Gasteiger partial charge in [-0.25, -0.2) is 9.59 Å². The fourth-order valence-electron chi connectivity index (χ4n) is 7.24. The number of carbonyl (C=O) groups excluding carboxylic acids is 3. The summed E-state index contributed by atoms with van der Waals surface area (Å²) in [5.74, 6) is -2.88. The van der Waals surface area contributed by atoms with Gasteiger partial charge in [-0.15, -0.1) is 11.8 Å². The second kappa shape index (κ2) is 19.5. The van der Waals surface area contributed by atoms with E-state index >= 15 is 0 Å². The standard InChI is InChI=1S/C45H46N6O6S/c46-43(47)48-26-14-25-38(42(54)55)50-40(52)27-49-41(53)39(51-44(56)57-28-37-35-23-12-10-21-33(35)34-22-11-13-24-36(34)37)29-58-45(30-15-4-1-5-16-30,31-17-6-2-7-18-31)32-19-8-3-9-20-32/h1-13,15-24,37-39H,14,25-29H2,(H,49,53)(H,50,52)(H,51,56)(H,54,55)(H4,46,47,48)/t38-,39-/m0/s1. The van der Waals surface area contributed by atoms with Crippen LogP contribution in [0.15, 0.2) is 145 Å². The number of rotatable bonds is 18. The second-order valence-electron chi connectivity index (χ2n) is 13.7. The third-order valence-electron chi connectivity index (χ3n) is 9.96. The van der Waals surface area contributed by atoms with Crippen molar-refractivity contribution < 1.29 is 29.0 Å². The Labute approximate surface area is 341 Å². The van der Waals surface area contributed by atoms with Gasteiger partial charge in [0, 0.05) is 18.2 Å². The van der Waals surface area contributed by atoms with Crippen LogP contribution in [0.1, 0.15) is 46.6 Å². The summed E-state index contributed by atoms with van der Waals surface area (Å²) < 4.78 is 5.04. The topological polar surface area (TPSA) is 198 Å². The van der Waals surface area contributed by atoms with Gasteiger partial charge in [0.25, 0.3) is 0 Å². The number of ether oxygens (including phenoxy) is 1. The van der Waals surface area contributed by atoms with Gasteiger partial charge >= 0.3 is 12.1 Å². The number of nitrogens with two attached hydrogens (primary N) is 2. The highest BCUT2D eigenvalue weighted by Crippen LogP contribution is 2.49. The molecule has 12 nitrogen and oxygen atoms in total. The van der Waals surface area contributed by atoms with E-state index in [1.807, 2.05) is 140 Å². The fraction of sp³-hybridized carbons (Fsp3) is 0.222. The second-order valence-corrected chi connectivity index (χ2v) is 15.0. The van der Waals surface area contributed by atoms with Gasteiger partial charge in [0.2, 0.25) is 11.8 Å². The predicted molar refractivity (Wildman–Crippen MR) is 226 cm³/mol. The highest BCUT2D eigenvalue weighted by molar-refractivity contribution is 8.00. The molecule has 13 heteroatoms. The molecule has 2 atom stereocenters. The maximum absolute atomic E-state index is 14.1. The number of nitrogens with zero attached hydrogens (tertiary/aromatic N) is 1. The highest BCUT2D eigenvalue weighted by Gasteiger charge is 2.39. The molecule has 5 aromatic rings. The van der Waals surface area contributed by atoms with E-state index < -0.39 is 47.3 Å². The smallest absolute Gasteiger partial charge is 0.407 e. The summed E-state index contributed by atoms with van der Waals surface area (Å²) in [6.45, 7) is -0.313. The fourth-order valence-corrected chi connectivity index (χ4v) is 8.80. The lowest BCUT2D eigenvalue weighted by Gasteiger charge is -2.36. The number of benzene rings is 5. The molecule has 0 fully saturated rings. The van der Waals surface area contributed by atoms with Crippen LogP contribution in [0.25, 0.3) is 11.1 Å². The Hall–Kier alpha value is -6.60. The number of carboxylic acid groups (broad SMARTS) is 1. The van der Waals surface area contributed by atoms with Crippen LogP contribution in [0.5, 0.6) is 0 Å². The molecule has 0 unspecified atom stereocenters. The van der Waals surface area contributed by atoms with Crippen LogP contribution in [-0.2, 0) is 23.9 Å². The first-order chi connectivity index (χ1) is 28.2. The number of carbonyl (C=O) groups is 4. The number of hydrogen-bond acceptors (Lipinski definition) is 7. The minimum Gasteiger partial charge on any atom is -0.480 e. The number of fused-ring (bicyclic) bond motifs is 3. The Kier molecular flexibility index (Phi) is 13.8. The van der Waals surface area contributed by atoms with Crippen LogP contribution in [0.3, 0.4) is 0 Å². The number of amides is 3. The first-order valence-corrected chi connectivity index (χ1v) is 19.9. The van der Waals surface area contributed by atoms with Gasteiger partial charge in [0.1, 0.15) is 18.7 Å². The van der Waals surface area contributed by atoms with Crippen molar-refractivity contribution in [2.24, 2.45) is 16.5 Å². The lowest BCUT2D eigenvalue weighted by atomic mass is 9.84. The number of nitrogens with one attached hydrogen (secondary N) is 3. The molecule has 5 aromatic carbocycles. The van der Waals surface area contributed by atoms with E-state index in [1.54, 1.807) is 0 Å². The van der Waals surface area contributed by atoms with Crippen LogP contribution in [0, 0.1) is 0 Å². The van der Waals surface area contributed by atoms with Crippen LogP contribution in [0.2, 0.25) is 0 Å². The Morgan fingerprint density at radius 3 is 1.71 bits per heavy atom. The van der Waals surface area contributed by atoms with E-state index in [4.69, 9.17) is 16.2 Å². The Bertz CT molecular complexity index is 2080. The first-order valence-electron chi connectivity index (χ1n) is 18.9. The summed E-state index contributed by atoms with van der Waals surface area (Å²) in [6, 6.07) is 43.3. The molecule has 0 aliphatic heterocycles. The van der Waals surface area contributed by atoms with Crippen molar-refractivity contribution in [3.05, 3.63) is 167 Å². The average molecular weight is 799 g/mol. The number of aliphatic imine (C=N–C) groups is 1. The normalized spacial score (nSPS) is 12.9. The molecule has 8 N–H and O–H groups in total. The zero-order chi connectivity index (χ0) is 40.9. The summed E-state index contributed by atoms with van der Waals surface area (Å²) in [5.41, 5.74) is 17.8. The molecule has 0 saturated carbocycles. The number of aliphatic carboxylic acids is 1. The number of carboxylic acids is 1. The molecule has 0 radical (unpaired) electrons. The van der Waals surface area contributed by atoms with E-state index in [9.17, 15) is 24.3 Å². The van der Waals surface area contributed by atoms with Crippen molar-refractivity contribution in [2.45, 2.75) is 35.6 Å². The van der Waals surface area contributed by atoms with Crippen molar-refractivity contribution in [3.8, 4) is 11.1 Å². The molecular formula is C45H46N6O6S. The van der Waals surface area contributed by atoms with Crippen LogP contribution in [0.4, 0.5) is 4.79 Å². The van der Waals surface area contributed by atoms with Crippen molar-refractivity contribution in [2.75, 3.05) is 25.4 Å². The summed E-state index contributed by atoms with van der Waals surface area (Å²) in [4.78, 5) is 56.5. The Balaban J connectivity index is 1.23. The summed E-state index contributed by atoms with van der Waals surface area (Å²) >= 11 is 1.46. The summed E-state index contributed by atoms with van der Waals surface area (Å²) in [7, 11) is 0. The van der Waals surface area contributed by atoms with Gasteiger partial charge in [-0.1, -0.05) is 140 Å². The molecule has 0 spiro atoms. The molecule has 298 valence electrons. The molecule has 58 heavy (non-hydrogen) atoms. The monoisotopic (exact) mass is 798 g/mol. The maximum Gasteiger partial charge on any atom is 0.407 e. The minimum absolute atomic E-state index is 0.0332. The van der Waals surface area contributed by atoms with Crippen molar-refractivity contribution in [1.29, 1.82) is 0 Å². The molecule has 0 heterocycles. The Morgan fingerprint density at radius 2 is 1.21 bits per heavy atom. The number of alkyl carbamates (subject to hydrolysis) is 1. The quantitative estimate of drug-likeness (QED) is 0.0293. The van der Waals surface area contributed by atoms with E-state index in [0.29, 0.717) is 6.42 Å². The van der Waals surface area contributed by atoms with Gasteiger partial charge in [-0.2, -0.15) is 0 Å². The molecule has 3 amide bonds. The van der Waals surface area contributed by atoms with E-state index in [0.717, 1.165) is 38.9 Å². The predicted octanol–water partition coefficient (Wildman–Crippen LogP) is 5.36. The zero-order valence-corrected chi connectivity index (χ0v) is 32.6. The van der Waals surface area contributed by atoms with Crippen molar-refractivity contribution in [1.82, 2.24) is 16.0 Å². The molecule has 6 rings (SSSR count). The Morgan fingerprint density at radius 1 is 0.707 bits per heavy atom. The molecular weight excluding hydrogens is 753 g/mol. The number of hydrogen-bond donors (Lipinski definition) is 6. The van der Waals surface area contributed by atoms with E-state index in [-0.39, 0.29) is 37.2 Å². The van der Waals surface area contributed by atoms with Gasteiger partial charge in [0.05, 0.1) is 11.3 Å². The van der Waals surface area contributed by atoms with Crippen LogP contribution >= 0.6 is 11.8 Å². The first kappa shape index (κ1) is 41.0. The number of guanidine groups is 1. The third kappa shape index (κ3) is 9.85. The van der Waals surface area contributed by atoms with E-state index in [1.165, 1.54) is 11.8 Å². The van der Waals surface area contributed by atoms with Gasteiger partial charge in [-0.05, 0) is 51.8 Å². The lowest BCUT2D eigenvalue weighted by molar-refractivity contribution is -0.142.